The van der Waals surface area contributed by atoms with Crippen LogP contribution in [-0.2, 0) is 10.2 Å². The number of amides is 2. The largest absolute Gasteiger partial charge is 0.386 e. The zero-order chi connectivity index (χ0) is 50.5. The number of benzene rings is 3. The van der Waals surface area contributed by atoms with Crippen molar-refractivity contribution in [2.45, 2.75) is 75.0 Å². The Balaban J connectivity index is 0.665. The van der Waals surface area contributed by atoms with Gasteiger partial charge in [0.15, 0.2) is 5.78 Å². The van der Waals surface area contributed by atoms with Crippen molar-refractivity contribution in [3.05, 3.63) is 112 Å². The molecule has 1 spiro atoms. The lowest BCUT2D eigenvalue weighted by Crippen LogP contribution is -2.72. The first-order valence-electron chi connectivity index (χ1n) is 26.5. The van der Waals surface area contributed by atoms with Crippen molar-refractivity contribution in [1.82, 2.24) is 40.1 Å². The van der Waals surface area contributed by atoms with Gasteiger partial charge in [-0.25, -0.2) is 9.37 Å². The maximum Gasteiger partial charge on any atom is 0.251 e. The van der Waals surface area contributed by atoms with E-state index in [1.807, 2.05) is 55.3 Å². The minimum Gasteiger partial charge on any atom is -0.386 e. The number of halogens is 1. The van der Waals surface area contributed by atoms with E-state index in [0.29, 0.717) is 41.2 Å². The van der Waals surface area contributed by atoms with Crippen LogP contribution in [0.1, 0.15) is 71.2 Å². The Hall–Kier alpha value is -4.88. The van der Waals surface area contributed by atoms with Crippen molar-refractivity contribution in [1.29, 1.82) is 0 Å². The number of likely N-dealkylation sites (tertiary alicyclic amines) is 5. The van der Waals surface area contributed by atoms with Crippen LogP contribution in [0.2, 0.25) is 0 Å². The summed E-state index contributed by atoms with van der Waals surface area (Å²) in [6.07, 6.45) is 5.34. The number of nitrogens with one attached hydrogen (secondary N) is 2. The van der Waals surface area contributed by atoms with E-state index in [-0.39, 0.29) is 46.8 Å². The first kappa shape index (κ1) is 51.6. The number of hydrogen-bond donors (Lipinski definition) is 3. The molecular weight excluding hydrogens is 958 g/mol. The monoisotopic (exact) mass is 1030 g/mol. The van der Waals surface area contributed by atoms with Crippen LogP contribution < -0.4 is 16.4 Å². The number of aromatic nitrogens is 1. The normalized spacial score (nSPS) is 23.7. The third-order valence-corrected chi connectivity index (χ3v) is 18.8. The van der Waals surface area contributed by atoms with Crippen molar-refractivity contribution >= 4 is 51.6 Å². The van der Waals surface area contributed by atoms with Crippen molar-refractivity contribution in [3.8, 4) is 11.3 Å². The number of thiazole rings is 1. The van der Waals surface area contributed by atoms with Gasteiger partial charge in [0.2, 0.25) is 5.91 Å². The number of hydrogen-bond acceptors (Lipinski definition) is 13. The van der Waals surface area contributed by atoms with Crippen LogP contribution in [0.5, 0.6) is 0 Å². The number of aliphatic imine (C=N–C) groups is 2. The molecule has 1 unspecified atom stereocenters. The second kappa shape index (κ2) is 22.9. The maximum atomic E-state index is 14.6. The second-order valence-corrected chi connectivity index (χ2v) is 23.4. The quantitative estimate of drug-likeness (QED) is 0.0597. The molecule has 3 aromatic carbocycles. The molecule has 0 aliphatic carbocycles. The smallest absolute Gasteiger partial charge is 0.251 e. The molecule has 0 bridgehead atoms. The summed E-state index contributed by atoms with van der Waals surface area (Å²) in [5.74, 6) is 0.518. The Labute approximate surface area is 438 Å². The van der Waals surface area contributed by atoms with E-state index < -0.39 is 12.1 Å². The first-order chi connectivity index (χ1) is 35.5. The zero-order valence-electron chi connectivity index (χ0n) is 42.5. The number of rotatable bonds is 19. The molecule has 1 aromatic heterocycles. The van der Waals surface area contributed by atoms with E-state index in [2.05, 4.69) is 59.9 Å². The van der Waals surface area contributed by atoms with Gasteiger partial charge in [0, 0.05) is 104 Å². The summed E-state index contributed by atoms with van der Waals surface area (Å²) >= 11 is 3.28. The molecule has 73 heavy (non-hydrogen) atoms. The van der Waals surface area contributed by atoms with Gasteiger partial charge in [0.05, 0.1) is 22.8 Å². The van der Waals surface area contributed by atoms with Crippen LogP contribution in [0.25, 0.3) is 11.3 Å². The third kappa shape index (κ3) is 11.8. The van der Waals surface area contributed by atoms with Gasteiger partial charge in [-0.15, -0.1) is 23.1 Å². The summed E-state index contributed by atoms with van der Waals surface area (Å²) in [6.45, 7) is 15.9. The second-order valence-electron chi connectivity index (χ2n) is 21.5. The number of carbonyl (C=O) groups is 3. The molecule has 4 atom stereocenters. The Bertz CT molecular complexity index is 2590. The number of amidine groups is 1. The van der Waals surface area contributed by atoms with Crippen molar-refractivity contribution in [3.63, 3.8) is 0 Å². The lowest BCUT2D eigenvalue weighted by molar-refractivity contribution is -0.134. The highest BCUT2D eigenvalue weighted by molar-refractivity contribution is 8.14. The number of likely N-dealkylation sites (N-methyl/N-ethyl adjacent to an activating group) is 1. The Morgan fingerprint density at radius 2 is 1.44 bits per heavy atom. The number of ketones is 1. The van der Waals surface area contributed by atoms with E-state index in [0.717, 1.165) is 125 Å². The summed E-state index contributed by atoms with van der Waals surface area (Å²) in [7, 11) is 1.85. The average Bonchev–Trinajstić information content (AvgIpc) is 4.22. The highest BCUT2D eigenvalue weighted by Crippen LogP contribution is 2.41. The Morgan fingerprint density at radius 3 is 2.10 bits per heavy atom. The minimum atomic E-state index is -0.570. The number of nitrogens with zero attached hydrogens (tertiary/aromatic N) is 8. The summed E-state index contributed by atoms with van der Waals surface area (Å²) in [5.41, 5.74) is 10.0. The summed E-state index contributed by atoms with van der Waals surface area (Å²) in [6, 6.07) is 24.1. The van der Waals surface area contributed by atoms with E-state index in [1.165, 1.54) is 37.4 Å². The molecule has 6 aliphatic heterocycles. The fourth-order valence-corrected chi connectivity index (χ4v) is 14.3. The fraction of sp³-hybridized carbons (Fsp3) is 0.536. The van der Waals surface area contributed by atoms with Crippen LogP contribution in [0, 0.1) is 17.2 Å². The summed E-state index contributed by atoms with van der Waals surface area (Å²) in [4.78, 5) is 68.5. The van der Waals surface area contributed by atoms with E-state index >= 15 is 0 Å². The van der Waals surface area contributed by atoms with Gasteiger partial charge in [-0.3, -0.25) is 24.4 Å². The van der Waals surface area contributed by atoms with E-state index in [1.54, 1.807) is 23.1 Å². The molecule has 5 fully saturated rings. The SMILES string of the molecule is CN[C@@H](C)C(N)=N[C@H](C(=O)N1CCC[C@H]1C1=NC(C(=O)c2ccc(F)cc2)CS1)C1CCN(CCN2CC3(C2)CN(CCN2CCC(CNC(=O)c4ccccc4)(c4nc(-c5ccccc5)cs4)CC2)C3)CC1. The molecule has 388 valence electrons. The molecule has 7 heterocycles. The van der Waals surface area contributed by atoms with Gasteiger partial charge in [0.25, 0.3) is 5.91 Å². The molecule has 10 rings (SSSR count). The molecule has 14 nitrogen and oxygen atoms in total. The first-order valence-corrected chi connectivity index (χ1v) is 28.4. The molecule has 0 radical (unpaired) electrons. The number of carbonyl (C=O) groups excluding carboxylic acids is 3. The standard InChI is InChI=1S/C56H72FN11O3S2/c1-39(59-2)50(58)63-48(53(71)68-23-9-14-47(68)52-61-46(33-72-52)49(69)42-15-17-44(57)18-16-42)41-19-24-64(25-20-41)28-30-66-35-55(36-66)37-67(38-55)31-29-65-26-21-56(22-27-65,34-60-51(70)43-12-7-4-8-13-43)54-62-45(32-73-54)40-10-5-3-6-11-40/h3-8,10-13,15-18,32,39,41,46-48,59H,9,14,19-31,33-38H2,1-2H3,(H2,58,63)(H,60,70)/t39-,46?,47-,48-/m0/s1. The van der Waals surface area contributed by atoms with Crippen LogP contribution in [0.15, 0.2) is 100 Å². The molecule has 4 N–H and O–H groups in total. The maximum absolute atomic E-state index is 14.6. The third-order valence-electron chi connectivity index (χ3n) is 16.6. The van der Waals surface area contributed by atoms with Crippen LogP contribution >= 0.6 is 23.1 Å². The van der Waals surface area contributed by atoms with E-state index in [4.69, 9.17) is 20.7 Å². The van der Waals surface area contributed by atoms with Crippen LogP contribution in [0.3, 0.4) is 0 Å². The van der Waals surface area contributed by atoms with Gasteiger partial charge < -0.3 is 40.9 Å². The molecule has 2 amide bonds. The predicted octanol–water partition coefficient (Wildman–Crippen LogP) is 5.76. The van der Waals surface area contributed by atoms with Gasteiger partial charge in [-0.2, -0.15) is 0 Å². The highest BCUT2D eigenvalue weighted by atomic mass is 32.2. The summed E-state index contributed by atoms with van der Waals surface area (Å²) < 4.78 is 13.6. The predicted molar refractivity (Wildman–Crippen MR) is 291 cm³/mol. The fourth-order valence-electron chi connectivity index (χ4n) is 12.0. The Morgan fingerprint density at radius 1 is 0.808 bits per heavy atom. The number of thioether (sulfide) groups is 1. The van der Waals surface area contributed by atoms with Crippen molar-refractivity contribution in [2.75, 3.05) is 104 Å². The number of Topliss-reactive ketones (excluding diaryl/α,β-unsaturated/α-hetero) is 1. The number of nitrogens with two attached hydrogens (primary N) is 1. The topological polar surface area (TPSA) is 155 Å². The summed E-state index contributed by atoms with van der Waals surface area (Å²) in [5, 5.41) is 10.6. The molecule has 17 heteroatoms. The highest BCUT2D eigenvalue weighted by Gasteiger charge is 2.51. The molecule has 0 saturated carbocycles. The molecule has 5 saturated heterocycles. The van der Waals surface area contributed by atoms with Crippen molar-refractivity contribution in [2.24, 2.45) is 27.1 Å². The van der Waals surface area contributed by atoms with Gasteiger partial charge >= 0.3 is 0 Å². The van der Waals surface area contributed by atoms with Gasteiger partial charge in [0.1, 0.15) is 28.7 Å². The number of piperidine rings is 2. The van der Waals surface area contributed by atoms with Crippen molar-refractivity contribution < 1.29 is 18.8 Å². The average molecular weight is 1030 g/mol. The molecule has 4 aromatic rings. The zero-order valence-corrected chi connectivity index (χ0v) is 44.1. The van der Waals surface area contributed by atoms with E-state index in [9.17, 15) is 18.8 Å². The minimum absolute atomic E-state index is 0.00754. The van der Waals surface area contributed by atoms with Crippen LogP contribution in [-0.4, -0.2) is 187 Å². The van der Waals surface area contributed by atoms with Crippen LogP contribution in [0.4, 0.5) is 4.39 Å². The Kier molecular flexibility index (Phi) is 16.2. The lowest BCUT2D eigenvalue weighted by Gasteiger charge is -2.61. The molecule has 6 aliphatic rings. The van der Waals surface area contributed by atoms with Gasteiger partial charge in [-0.1, -0.05) is 48.5 Å². The lowest BCUT2D eigenvalue weighted by atomic mass is 9.73. The van der Waals surface area contributed by atoms with Gasteiger partial charge in [-0.05, 0) is 121 Å². The molecular formula is C56H72FN11O3S2.